The van der Waals surface area contributed by atoms with Gasteiger partial charge in [0.05, 0.1) is 15.6 Å². The van der Waals surface area contributed by atoms with Crippen molar-refractivity contribution in [2.75, 3.05) is 10.8 Å². The zero-order chi connectivity index (χ0) is 28.6. The molecule has 0 fully saturated rings. The predicted octanol–water partition coefficient (Wildman–Crippen LogP) is 5.91. The summed E-state index contributed by atoms with van der Waals surface area (Å²) in [6.07, 6.45) is 1.06. The molecule has 3 aromatic carbocycles. The lowest BCUT2D eigenvalue weighted by atomic mass is 10.1. The molecule has 0 aromatic heterocycles. The molecule has 1 N–H and O–H groups in total. The Labute approximate surface area is 240 Å². The molecule has 0 spiro atoms. The molecular weight excluding hydrogens is 557 g/mol. The van der Waals surface area contributed by atoms with Gasteiger partial charge in [0.1, 0.15) is 12.6 Å². The molecular formula is C29H33Cl2N3O4S. The average molecular weight is 591 g/mol. The van der Waals surface area contributed by atoms with Crippen molar-refractivity contribution >= 4 is 50.7 Å². The highest BCUT2D eigenvalue weighted by Gasteiger charge is 2.34. The summed E-state index contributed by atoms with van der Waals surface area (Å²) in [4.78, 5) is 28.7. The van der Waals surface area contributed by atoms with Crippen LogP contribution in [-0.2, 0) is 26.2 Å². The molecule has 0 radical (unpaired) electrons. The Hall–Kier alpha value is -3.07. The van der Waals surface area contributed by atoms with Gasteiger partial charge < -0.3 is 10.2 Å². The summed E-state index contributed by atoms with van der Waals surface area (Å²) in [5.74, 6) is -0.852. The first-order chi connectivity index (χ1) is 18.6. The minimum Gasteiger partial charge on any atom is -0.352 e. The van der Waals surface area contributed by atoms with E-state index in [9.17, 15) is 18.0 Å². The summed E-state index contributed by atoms with van der Waals surface area (Å²) in [6, 6.07) is 20.6. The van der Waals surface area contributed by atoms with E-state index in [1.807, 2.05) is 51.1 Å². The second kappa shape index (κ2) is 13.8. The summed E-state index contributed by atoms with van der Waals surface area (Å²) >= 11 is 12.6. The van der Waals surface area contributed by atoms with Gasteiger partial charge in [-0.1, -0.05) is 85.6 Å². The molecule has 208 valence electrons. The maximum Gasteiger partial charge on any atom is 0.264 e. The van der Waals surface area contributed by atoms with Crippen molar-refractivity contribution in [1.82, 2.24) is 10.2 Å². The van der Waals surface area contributed by atoms with Crippen LogP contribution in [-0.4, -0.2) is 43.8 Å². The smallest absolute Gasteiger partial charge is 0.264 e. The molecule has 7 nitrogen and oxygen atoms in total. The van der Waals surface area contributed by atoms with E-state index < -0.39 is 28.5 Å². The molecule has 0 bridgehead atoms. The number of sulfonamides is 1. The van der Waals surface area contributed by atoms with Crippen LogP contribution in [0.2, 0.25) is 10.0 Å². The number of halogens is 2. The van der Waals surface area contributed by atoms with Crippen LogP contribution in [0.15, 0.2) is 83.8 Å². The Morgan fingerprint density at radius 1 is 0.897 bits per heavy atom. The molecule has 0 heterocycles. The average Bonchev–Trinajstić information content (AvgIpc) is 2.93. The number of nitrogens with one attached hydrogen (secondary N) is 1. The highest BCUT2D eigenvalue weighted by molar-refractivity contribution is 7.92. The van der Waals surface area contributed by atoms with E-state index in [-0.39, 0.29) is 39.1 Å². The lowest BCUT2D eigenvalue weighted by Crippen LogP contribution is -2.53. The molecule has 2 atom stereocenters. The third-order valence-electron chi connectivity index (χ3n) is 6.37. The van der Waals surface area contributed by atoms with E-state index in [2.05, 4.69) is 5.32 Å². The van der Waals surface area contributed by atoms with Crippen molar-refractivity contribution in [2.24, 2.45) is 0 Å². The minimum atomic E-state index is -4.23. The molecule has 10 heteroatoms. The highest BCUT2D eigenvalue weighted by Crippen LogP contribution is 2.33. The molecule has 0 saturated carbocycles. The Kier molecular flexibility index (Phi) is 10.8. The molecule has 0 saturated heterocycles. The second-order valence-electron chi connectivity index (χ2n) is 9.17. The topological polar surface area (TPSA) is 86.8 Å². The number of carbonyl (C=O) groups is 2. The van der Waals surface area contributed by atoms with Crippen molar-refractivity contribution in [3.05, 3.63) is 94.5 Å². The van der Waals surface area contributed by atoms with Gasteiger partial charge in [-0.25, -0.2) is 8.42 Å². The van der Waals surface area contributed by atoms with Crippen LogP contribution in [0.1, 0.15) is 39.2 Å². The van der Waals surface area contributed by atoms with Gasteiger partial charge in [0.15, 0.2) is 0 Å². The lowest BCUT2D eigenvalue weighted by molar-refractivity contribution is -0.140. The van der Waals surface area contributed by atoms with Gasteiger partial charge in [-0.05, 0) is 55.7 Å². The van der Waals surface area contributed by atoms with Crippen molar-refractivity contribution < 1.29 is 18.0 Å². The first-order valence-electron chi connectivity index (χ1n) is 12.7. The number of rotatable bonds is 12. The third-order valence-corrected chi connectivity index (χ3v) is 8.70. The number of hydrogen-bond acceptors (Lipinski definition) is 4. The molecule has 39 heavy (non-hydrogen) atoms. The summed E-state index contributed by atoms with van der Waals surface area (Å²) in [5, 5.41) is 3.33. The maximum absolute atomic E-state index is 14.0. The summed E-state index contributed by atoms with van der Waals surface area (Å²) < 4.78 is 28.6. The van der Waals surface area contributed by atoms with Crippen LogP contribution in [0.3, 0.4) is 0 Å². The number of amides is 2. The molecule has 3 aromatic rings. The summed E-state index contributed by atoms with van der Waals surface area (Å²) in [6.45, 7) is 5.20. The van der Waals surface area contributed by atoms with Crippen molar-refractivity contribution in [3.63, 3.8) is 0 Å². The normalized spacial score (nSPS) is 12.8. The number of hydrogen-bond donors (Lipinski definition) is 1. The largest absolute Gasteiger partial charge is 0.352 e. The zero-order valence-corrected chi connectivity index (χ0v) is 24.5. The van der Waals surface area contributed by atoms with Crippen molar-refractivity contribution in [2.45, 2.75) is 57.1 Å². The van der Waals surface area contributed by atoms with Gasteiger partial charge >= 0.3 is 0 Å². The Morgan fingerprint density at radius 2 is 1.51 bits per heavy atom. The van der Waals surface area contributed by atoms with E-state index in [1.54, 1.807) is 18.2 Å². The van der Waals surface area contributed by atoms with E-state index >= 15 is 0 Å². The fraction of sp³-hybridized carbons (Fsp3) is 0.310. The van der Waals surface area contributed by atoms with Gasteiger partial charge in [0.2, 0.25) is 11.8 Å². The van der Waals surface area contributed by atoms with Gasteiger partial charge in [-0.2, -0.15) is 0 Å². The predicted molar refractivity (Wildman–Crippen MR) is 156 cm³/mol. The molecule has 0 aliphatic heterocycles. The first-order valence-corrected chi connectivity index (χ1v) is 14.9. The van der Waals surface area contributed by atoms with E-state index in [0.29, 0.717) is 6.42 Å². The van der Waals surface area contributed by atoms with E-state index in [1.165, 1.54) is 35.2 Å². The van der Waals surface area contributed by atoms with Gasteiger partial charge in [-0.15, -0.1) is 0 Å². The highest BCUT2D eigenvalue weighted by atomic mass is 35.5. The van der Waals surface area contributed by atoms with E-state index in [4.69, 9.17) is 23.2 Å². The van der Waals surface area contributed by atoms with Crippen LogP contribution in [0.5, 0.6) is 0 Å². The van der Waals surface area contributed by atoms with Crippen LogP contribution in [0.25, 0.3) is 0 Å². The van der Waals surface area contributed by atoms with Crippen molar-refractivity contribution in [1.29, 1.82) is 0 Å². The molecule has 2 amide bonds. The third kappa shape index (κ3) is 7.75. The van der Waals surface area contributed by atoms with Gasteiger partial charge in [0.25, 0.3) is 10.0 Å². The van der Waals surface area contributed by atoms with Crippen molar-refractivity contribution in [3.8, 4) is 0 Å². The number of carbonyl (C=O) groups excluding carboxylic acids is 2. The van der Waals surface area contributed by atoms with Crippen LogP contribution in [0, 0.1) is 0 Å². The maximum atomic E-state index is 14.0. The molecule has 0 aliphatic carbocycles. The summed E-state index contributed by atoms with van der Waals surface area (Å²) in [5.41, 5.74) is 0.872. The molecule has 0 aliphatic rings. The van der Waals surface area contributed by atoms with Crippen LogP contribution in [0.4, 0.5) is 5.69 Å². The number of nitrogens with zero attached hydrogens (tertiary/aromatic N) is 2. The Bertz CT molecular complexity index is 1370. The standard InChI is InChI=1S/C29H33Cl2N3O4S/c1-4-21(3)32-29(36)26(5-2)33(19-22-12-8-6-9-13-22)28(35)20-34(27-18-23(30)16-17-25(27)31)39(37,38)24-14-10-7-11-15-24/h6-18,21,26H,4-5,19-20H2,1-3H3,(H,32,36). The molecule has 2 unspecified atom stereocenters. The van der Waals surface area contributed by atoms with Crippen LogP contribution < -0.4 is 9.62 Å². The second-order valence-corrected chi connectivity index (χ2v) is 11.9. The first kappa shape index (κ1) is 30.5. The monoisotopic (exact) mass is 589 g/mol. The zero-order valence-electron chi connectivity index (χ0n) is 22.2. The lowest BCUT2D eigenvalue weighted by Gasteiger charge is -2.34. The SMILES string of the molecule is CCC(C)NC(=O)C(CC)N(Cc1ccccc1)C(=O)CN(c1cc(Cl)ccc1Cl)S(=O)(=O)c1ccccc1. The van der Waals surface area contributed by atoms with E-state index in [0.717, 1.165) is 16.3 Å². The molecule has 3 rings (SSSR count). The Balaban J connectivity index is 2.07. The van der Waals surface area contributed by atoms with Crippen LogP contribution >= 0.6 is 23.2 Å². The minimum absolute atomic E-state index is 0.00925. The number of anilines is 1. The van der Waals surface area contributed by atoms with Gasteiger partial charge in [-0.3, -0.25) is 13.9 Å². The van der Waals surface area contributed by atoms with Gasteiger partial charge in [0, 0.05) is 17.6 Å². The quantitative estimate of drug-likeness (QED) is 0.284. The summed E-state index contributed by atoms with van der Waals surface area (Å²) in [7, 11) is -4.23. The Morgan fingerprint density at radius 3 is 2.10 bits per heavy atom. The number of benzene rings is 3. The fourth-order valence-electron chi connectivity index (χ4n) is 4.05. The fourth-order valence-corrected chi connectivity index (χ4v) is 5.93.